The van der Waals surface area contributed by atoms with Gasteiger partial charge in [-0.1, -0.05) is 0 Å². The van der Waals surface area contributed by atoms with E-state index in [0.29, 0.717) is 43.4 Å². The van der Waals surface area contributed by atoms with Crippen LogP contribution in [0.25, 0.3) is 0 Å². The summed E-state index contributed by atoms with van der Waals surface area (Å²) in [6.07, 6.45) is 0.852. The highest BCUT2D eigenvalue weighted by Crippen LogP contribution is 2.22. The molecule has 0 saturated carbocycles. The van der Waals surface area contributed by atoms with Gasteiger partial charge in [0.1, 0.15) is 12.4 Å². The summed E-state index contributed by atoms with van der Waals surface area (Å²) >= 11 is 0. The Morgan fingerprint density at radius 2 is 2.05 bits per heavy atom. The zero-order chi connectivity index (χ0) is 14.8. The molecular formula is C14H22N2O4. The Kier molecular flexibility index (Phi) is 7.46. The molecular weight excluding hydrogens is 260 g/mol. The molecule has 0 aromatic heterocycles. The van der Waals surface area contributed by atoms with E-state index in [4.69, 9.17) is 19.9 Å². The second-order valence-corrected chi connectivity index (χ2v) is 4.14. The fraction of sp³-hybridized carbons (Fsp3) is 0.500. The van der Waals surface area contributed by atoms with Crippen LogP contribution in [0.15, 0.2) is 18.2 Å². The van der Waals surface area contributed by atoms with E-state index in [1.54, 1.807) is 32.4 Å². The molecule has 0 radical (unpaired) electrons. The molecule has 0 spiro atoms. The van der Waals surface area contributed by atoms with Gasteiger partial charge in [-0.15, -0.1) is 0 Å². The SMILES string of the molecule is CNC(=O)c1ccc(N)c(OCCOCCCOC)c1. The summed E-state index contributed by atoms with van der Waals surface area (Å²) in [7, 11) is 3.23. The van der Waals surface area contributed by atoms with E-state index in [9.17, 15) is 4.79 Å². The van der Waals surface area contributed by atoms with E-state index in [1.165, 1.54) is 0 Å². The number of carbonyl (C=O) groups excluding carboxylic acids is 1. The molecule has 0 fully saturated rings. The molecule has 0 bridgehead atoms. The van der Waals surface area contributed by atoms with Gasteiger partial charge in [0.15, 0.2) is 0 Å². The average molecular weight is 282 g/mol. The fourth-order valence-electron chi connectivity index (χ4n) is 1.56. The fourth-order valence-corrected chi connectivity index (χ4v) is 1.56. The van der Waals surface area contributed by atoms with Crippen molar-refractivity contribution in [2.24, 2.45) is 0 Å². The Morgan fingerprint density at radius 3 is 2.75 bits per heavy atom. The smallest absolute Gasteiger partial charge is 0.251 e. The van der Waals surface area contributed by atoms with Crippen LogP contribution in [-0.4, -0.2) is 46.5 Å². The van der Waals surface area contributed by atoms with Crippen LogP contribution in [0.3, 0.4) is 0 Å². The van der Waals surface area contributed by atoms with Crippen LogP contribution in [0.2, 0.25) is 0 Å². The largest absolute Gasteiger partial charge is 0.489 e. The number of ether oxygens (including phenoxy) is 3. The molecule has 0 aliphatic rings. The van der Waals surface area contributed by atoms with E-state index in [2.05, 4.69) is 5.32 Å². The molecule has 6 nitrogen and oxygen atoms in total. The van der Waals surface area contributed by atoms with Crippen molar-refractivity contribution >= 4 is 11.6 Å². The summed E-state index contributed by atoms with van der Waals surface area (Å²) in [5.41, 5.74) is 6.81. The van der Waals surface area contributed by atoms with Crippen molar-refractivity contribution in [3.05, 3.63) is 23.8 Å². The number of methoxy groups -OCH3 is 1. The van der Waals surface area contributed by atoms with Crippen LogP contribution in [0.5, 0.6) is 5.75 Å². The first kappa shape index (κ1) is 16.3. The molecule has 1 rings (SSSR count). The quantitative estimate of drug-likeness (QED) is 0.523. The highest BCUT2D eigenvalue weighted by Gasteiger charge is 2.07. The Balaban J connectivity index is 2.37. The second kappa shape index (κ2) is 9.17. The maximum absolute atomic E-state index is 11.5. The lowest BCUT2D eigenvalue weighted by Gasteiger charge is -2.10. The topological polar surface area (TPSA) is 82.8 Å². The Bertz CT molecular complexity index is 424. The molecule has 6 heteroatoms. The van der Waals surface area contributed by atoms with Crippen molar-refractivity contribution in [2.45, 2.75) is 6.42 Å². The third kappa shape index (κ3) is 5.46. The third-order valence-electron chi connectivity index (χ3n) is 2.63. The summed E-state index contributed by atoms with van der Waals surface area (Å²) in [6, 6.07) is 4.93. The van der Waals surface area contributed by atoms with E-state index in [0.717, 1.165) is 6.42 Å². The van der Waals surface area contributed by atoms with Gasteiger partial charge in [0.25, 0.3) is 5.91 Å². The monoisotopic (exact) mass is 282 g/mol. The summed E-state index contributed by atoms with van der Waals surface area (Å²) in [5.74, 6) is 0.317. The van der Waals surface area contributed by atoms with Crippen LogP contribution in [0, 0.1) is 0 Å². The van der Waals surface area contributed by atoms with Crippen LogP contribution in [0.1, 0.15) is 16.8 Å². The average Bonchev–Trinajstić information content (AvgIpc) is 2.47. The minimum absolute atomic E-state index is 0.175. The highest BCUT2D eigenvalue weighted by atomic mass is 16.5. The molecule has 112 valence electrons. The number of nitrogens with two attached hydrogens (primary N) is 1. The maximum Gasteiger partial charge on any atom is 0.251 e. The zero-order valence-electron chi connectivity index (χ0n) is 12.0. The van der Waals surface area contributed by atoms with Crippen LogP contribution < -0.4 is 15.8 Å². The molecule has 3 N–H and O–H groups in total. The van der Waals surface area contributed by atoms with Crippen molar-refractivity contribution in [1.29, 1.82) is 0 Å². The van der Waals surface area contributed by atoms with Gasteiger partial charge in [0, 0.05) is 32.9 Å². The standard InChI is InChI=1S/C14H22N2O4/c1-16-14(17)11-4-5-12(15)13(10-11)20-9-8-19-7-3-6-18-2/h4-5,10H,3,6-9,15H2,1-2H3,(H,16,17). The molecule has 1 aromatic carbocycles. The van der Waals surface area contributed by atoms with Crippen molar-refractivity contribution in [1.82, 2.24) is 5.32 Å². The van der Waals surface area contributed by atoms with Crippen LogP contribution in [0.4, 0.5) is 5.69 Å². The molecule has 0 heterocycles. The lowest BCUT2D eigenvalue weighted by Crippen LogP contribution is -2.18. The minimum atomic E-state index is -0.175. The van der Waals surface area contributed by atoms with Gasteiger partial charge in [0.2, 0.25) is 0 Å². The number of nitrogen functional groups attached to an aromatic ring is 1. The zero-order valence-corrected chi connectivity index (χ0v) is 12.0. The molecule has 0 aliphatic carbocycles. The van der Waals surface area contributed by atoms with Crippen LogP contribution >= 0.6 is 0 Å². The van der Waals surface area contributed by atoms with Gasteiger partial charge in [-0.25, -0.2) is 0 Å². The van der Waals surface area contributed by atoms with Gasteiger partial charge in [0.05, 0.1) is 12.3 Å². The van der Waals surface area contributed by atoms with Crippen molar-refractivity contribution in [2.75, 3.05) is 46.3 Å². The minimum Gasteiger partial charge on any atom is -0.489 e. The Hall–Kier alpha value is -1.79. The molecule has 1 aromatic rings. The van der Waals surface area contributed by atoms with E-state index < -0.39 is 0 Å². The second-order valence-electron chi connectivity index (χ2n) is 4.14. The number of hydrogen-bond acceptors (Lipinski definition) is 5. The van der Waals surface area contributed by atoms with E-state index >= 15 is 0 Å². The number of nitrogens with one attached hydrogen (secondary N) is 1. The maximum atomic E-state index is 11.5. The summed E-state index contributed by atoms with van der Waals surface area (Å²) < 4.78 is 15.8. The summed E-state index contributed by atoms with van der Waals surface area (Å²) in [4.78, 5) is 11.5. The first-order valence-electron chi connectivity index (χ1n) is 6.50. The number of amides is 1. The first-order chi connectivity index (χ1) is 9.69. The molecule has 0 atom stereocenters. The number of anilines is 1. The number of carbonyl (C=O) groups is 1. The number of hydrogen-bond donors (Lipinski definition) is 2. The third-order valence-corrected chi connectivity index (χ3v) is 2.63. The van der Waals surface area contributed by atoms with Crippen molar-refractivity contribution in [3.8, 4) is 5.75 Å². The van der Waals surface area contributed by atoms with Gasteiger partial charge in [-0.3, -0.25) is 4.79 Å². The van der Waals surface area contributed by atoms with Gasteiger partial charge in [-0.05, 0) is 24.6 Å². The van der Waals surface area contributed by atoms with Crippen molar-refractivity contribution < 1.29 is 19.0 Å². The molecule has 0 unspecified atom stereocenters. The van der Waals surface area contributed by atoms with E-state index in [-0.39, 0.29) is 5.91 Å². The molecule has 0 saturated heterocycles. The van der Waals surface area contributed by atoms with Gasteiger partial charge in [-0.2, -0.15) is 0 Å². The highest BCUT2D eigenvalue weighted by molar-refractivity contribution is 5.95. The summed E-state index contributed by atoms with van der Waals surface area (Å²) in [5, 5.41) is 2.55. The predicted octanol–water partition coefficient (Wildman–Crippen LogP) is 1.06. The van der Waals surface area contributed by atoms with E-state index in [1.807, 2.05) is 0 Å². The van der Waals surface area contributed by atoms with Gasteiger partial charge >= 0.3 is 0 Å². The number of rotatable bonds is 9. The molecule has 1 amide bonds. The molecule has 20 heavy (non-hydrogen) atoms. The normalized spacial score (nSPS) is 10.3. The van der Waals surface area contributed by atoms with Gasteiger partial charge < -0.3 is 25.3 Å². The lowest BCUT2D eigenvalue weighted by atomic mass is 10.2. The lowest BCUT2D eigenvalue weighted by molar-refractivity contribution is 0.0808. The number of benzene rings is 1. The summed E-state index contributed by atoms with van der Waals surface area (Å²) in [6.45, 7) is 2.16. The molecule has 0 aliphatic heterocycles. The Morgan fingerprint density at radius 1 is 1.25 bits per heavy atom. The Labute approximate surface area is 119 Å². The van der Waals surface area contributed by atoms with Crippen molar-refractivity contribution in [3.63, 3.8) is 0 Å². The predicted molar refractivity (Wildman–Crippen MR) is 77.1 cm³/mol. The van der Waals surface area contributed by atoms with Crippen LogP contribution in [-0.2, 0) is 9.47 Å². The first-order valence-corrected chi connectivity index (χ1v) is 6.50.